The van der Waals surface area contributed by atoms with E-state index in [0.717, 1.165) is 0 Å². The summed E-state index contributed by atoms with van der Waals surface area (Å²) >= 11 is 0. The molecule has 1 heterocycles. The first kappa shape index (κ1) is 9.41. The van der Waals surface area contributed by atoms with Gasteiger partial charge in [0.25, 0.3) is 5.79 Å². The van der Waals surface area contributed by atoms with Crippen molar-refractivity contribution < 1.29 is 23.9 Å². The topological polar surface area (TPSA) is 89.0 Å². The van der Waals surface area contributed by atoms with Gasteiger partial charge in [-0.3, -0.25) is 0 Å². The van der Waals surface area contributed by atoms with E-state index >= 15 is 0 Å². The first-order chi connectivity index (χ1) is 6.02. The van der Waals surface area contributed by atoms with Crippen LogP contribution in [0.4, 0.5) is 0 Å². The van der Waals surface area contributed by atoms with Crippen LogP contribution in [-0.4, -0.2) is 28.2 Å². The van der Waals surface area contributed by atoms with E-state index in [9.17, 15) is 9.59 Å². The summed E-state index contributed by atoms with van der Waals surface area (Å²) in [5.41, 5.74) is 7.53. The van der Waals surface area contributed by atoms with E-state index in [1.54, 1.807) is 6.92 Å². The summed E-state index contributed by atoms with van der Waals surface area (Å²) in [6.07, 6.45) is 0.336. The number of cyclic esters (lactones) is 2. The zero-order chi connectivity index (χ0) is 10.1. The molecule has 1 rings (SSSR count). The molecule has 70 valence electrons. The molecule has 1 aliphatic heterocycles. The van der Waals surface area contributed by atoms with Crippen LogP contribution in [0.15, 0.2) is 0 Å². The average Bonchev–Trinajstić information content (AvgIpc) is 2.03. The van der Waals surface area contributed by atoms with Crippen LogP contribution in [0.1, 0.15) is 20.3 Å². The maximum Gasteiger partial charge on any atom is 0.482 e. The normalized spacial score (nSPS) is 27.7. The predicted molar refractivity (Wildman–Crippen MR) is 39.5 cm³/mol. The maximum atomic E-state index is 11.0. The molecule has 0 aromatic carbocycles. The molecule has 0 spiro atoms. The zero-order valence-electron chi connectivity index (χ0n) is 7.23. The van der Waals surface area contributed by atoms with Crippen LogP contribution in [0.5, 0.6) is 0 Å². The third-order valence-corrected chi connectivity index (χ3v) is 1.75. The second-order valence-corrected chi connectivity index (χ2v) is 2.72. The van der Waals surface area contributed by atoms with E-state index in [1.807, 2.05) is 0 Å². The number of hydrogen-bond donors (Lipinski definition) is 0. The molecule has 0 atom stereocenters. The molecule has 0 N–H and O–H groups in total. The van der Waals surface area contributed by atoms with Crippen LogP contribution < -0.4 is 0 Å². The summed E-state index contributed by atoms with van der Waals surface area (Å²) in [6.45, 7) is 3.15. The van der Waals surface area contributed by atoms with E-state index in [1.165, 1.54) is 6.92 Å². The van der Waals surface area contributed by atoms with Crippen LogP contribution in [0.3, 0.4) is 0 Å². The molecule has 0 aromatic rings. The Kier molecular flexibility index (Phi) is 2.16. The van der Waals surface area contributed by atoms with Crippen molar-refractivity contribution in [2.24, 2.45) is 0 Å². The fourth-order valence-corrected chi connectivity index (χ4v) is 0.819. The first-order valence-electron chi connectivity index (χ1n) is 3.71. The Labute approximate surface area is 74.1 Å². The molecule has 0 unspecified atom stereocenters. The lowest BCUT2D eigenvalue weighted by atomic mass is 10.2. The Morgan fingerprint density at radius 1 is 1.38 bits per heavy atom. The molecule has 0 radical (unpaired) electrons. The maximum absolute atomic E-state index is 11.0. The Balaban J connectivity index is 2.98. The van der Waals surface area contributed by atoms with Crippen LogP contribution in [0, 0.1) is 0 Å². The molecule has 0 amide bonds. The van der Waals surface area contributed by atoms with Crippen molar-refractivity contribution >= 4 is 17.7 Å². The summed E-state index contributed by atoms with van der Waals surface area (Å²) in [4.78, 5) is 24.5. The Bertz CT molecular complexity index is 296. The monoisotopic (exact) mass is 184 g/mol. The number of ether oxygens (including phenoxy) is 2. The summed E-state index contributed by atoms with van der Waals surface area (Å²) in [7, 11) is 0. The summed E-state index contributed by atoms with van der Waals surface area (Å²) in [5.74, 6) is -3.19. The minimum atomic E-state index is -1.25. The SMILES string of the molecule is CCC1(C)OC(=O)C(=[N+]=[N-])C(=O)O1. The smallest absolute Gasteiger partial charge is 0.414 e. The van der Waals surface area contributed by atoms with Crippen molar-refractivity contribution in [1.29, 1.82) is 0 Å². The first-order valence-corrected chi connectivity index (χ1v) is 3.71. The Hall–Kier alpha value is -1.68. The van der Waals surface area contributed by atoms with Crippen LogP contribution in [0.2, 0.25) is 0 Å². The van der Waals surface area contributed by atoms with Crippen molar-refractivity contribution in [3.63, 3.8) is 0 Å². The molecule has 6 heteroatoms. The van der Waals surface area contributed by atoms with Crippen LogP contribution in [0.25, 0.3) is 5.53 Å². The van der Waals surface area contributed by atoms with E-state index in [-0.39, 0.29) is 0 Å². The molecule has 0 bridgehead atoms. The summed E-state index contributed by atoms with van der Waals surface area (Å²) in [5, 5.41) is 0. The van der Waals surface area contributed by atoms with E-state index in [0.29, 0.717) is 6.42 Å². The van der Waals surface area contributed by atoms with Crippen molar-refractivity contribution in [3.05, 3.63) is 5.53 Å². The molecule has 0 aliphatic carbocycles. The highest BCUT2D eigenvalue weighted by molar-refractivity contribution is 6.61. The van der Waals surface area contributed by atoms with Crippen LogP contribution >= 0.6 is 0 Å². The molecular formula is C7H8N2O4. The molecule has 1 saturated heterocycles. The molecule has 0 aromatic heterocycles. The third kappa shape index (κ3) is 1.57. The second kappa shape index (κ2) is 2.99. The molecule has 1 fully saturated rings. The number of rotatable bonds is 1. The van der Waals surface area contributed by atoms with Gasteiger partial charge in [0.1, 0.15) is 0 Å². The highest BCUT2D eigenvalue weighted by Gasteiger charge is 2.48. The van der Waals surface area contributed by atoms with Gasteiger partial charge in [-0.05, 0) is 0 Å². The van der Waals surface area contributed by atoms with Gasteiger partial charge in [-0.15, -0.1) is 0 Å². The Morgan fingerprint density at radius 3 is 2.15 bits per heavy atom. The minimum Gasteiger partial charge on any atom is -0.414 e. The van der Waals surface area contributed by atoms with Gasteiger partial charge in [0.05, 0.1) is 0 Å². The van der Waals surface area contributed by atoms with Gasteiger partial charge in [0.2, 0.25) is 0 Å². The summed E-state index contributed by atoms with van der Waals surface area (Å²) < 4.78 is 9.45. The van der Waals surface area contributed by atoms with Crippen molar-refractivity contribution in [2.75, 3.05) is 0 Å². The standard InChI is InChI=1S/C7H8N2O4/c1-3-7(2)12-5(10)4(9-8)6(11)13-7/h3H2,1-2H3. The van der Waals surface area contributed by atoms with E-state index < -0.39 is 23.4 Å². The van der Waals surface area contributed by atoms with Gasteiger partial charge >= 0.3 is 17.7 Å². The van der Waals surface area contributed by atoms with E-state index in [4.69, 9.17) is 15.0 Å². The fraction of sp³-hybridized carbons (Fsp3) is 0.571. The summed E-state index contributed by atoms with van der Waals surface area (Å²) in [6, 6.07) is 0. The van der Waals surface area contributed by atoms with Crippen molar-refractivity contribution in [1.82, 2.24) is 0 Å². The molecule has 6 nitrogen and oxygen atoms in total. The minimum absolute atomic E-state index is 0.336. The predicted octanol–water partition coefficient (Wildman–Crippen LogP) is -0.117. The highest BCUT2D eigenvalue weighted by Crippen LogP contribution is 2.21. The molecule has 1 aliphatic rings. The number of carbonyl (C=O) groups excluding carboxylic acids is 2. The van der Waals surface area contributed by atoms with Gasteiger partial charge in [0, 0.05) is 13.3 Å². The lowest BCUT2D eigenvalue weighted by Gasteiger charge is -2.28. The quantitative estimate of drug-likeness (QED) is 0.323. The van der Waals surface area contributed by atoms with Crippen molar-refractivity contribution in [2.45, 2.75) is 26.1 Å². The van der Waals surface area contributed by atoms with Gasteiger partial charge in [-0.1, -0.05) is 6.92 Å². The average molecular weight is 184 g/mol. The third-order valence-electron chi connectivity index (χ3n) is 1.75. The largest absolute Gasteiger partial charge is 0.482 e. The zero-order valence-corrected chi connectivity index (χ0v) is 7.23. The van der Waals surface area contributed by atoms with Gasteiger partial charge in [0.15, 0.2) is 0 Å². The number of carbonyl (C=O) groups is 2. The molecule has 13 heavy (non-hydrogen) atoms. The van der Waals surface area contributed by atoms with Gasteiger partial charge in [-0.25, -0.2) is 9.59 Å². The van der Waals surface area contributed by atoms with Crippen LogP contribution in [-0.2, 0) is 19.1 Å². The number of esters is 2. The van der Waals surface area contributed by atoms with E-state index in [2.05, 4.69) is 4.79 Å². The van der Waals surface area contributed by atoms with Crippen molar-refractivity contribution in [3.8, 4) is 0 Å². The second-order valence-electron chi connectivity index (χ2n) is 2.72. The Morgan fingerprint density at radius 2 is 1.85 bits per heavy atom. The van der Waals surface area contributed by atoms with Gasteiger partial charge < -0.3 is 15.0 Å². The highest BCUT2D eigenvalue weighted by atomic mass is 16.7. The number of hydrogen-bond acceptors (Lipinski definition) is 4. The van der Waals surface area contributed by atoms with Gasteiger partial charge in [-0.2, -0.15) is 4.79 Å². The number of nitrogens with zero attached hydrogens (tertiary/aromatic N) is 2. The fourth-order valence-electron chi connectivity index (χ4n) is 0.819. The molecular weight excluding hydrogens is 176 g/mol. The lowest BCUT2D eigenvalue weighted by Crippen LogP contribution is -2.48. The lowest BCUT2D eigenvalue weighted by molar-refractivity contribution is -0.228. The molecule has 0 saturated carbocycles.